The summed E-state index contributed by atoms with van der Waals surface area (Å²) in [5.74, 6) is 0.0507. The fraction of sp³-hybridized carbons (Fsp3) is 0.250. The number of hydrogen-bond donors (Lipinski definition) is 2. The average molecular weight is 213 g/mol. The van der Waals surface area contributed by atoms with Crippen LogP contribution in [0.5, 0.6) is 0 Å². The first-order chi connectivity index (χ1) is 6.58. The van der Waals surface area contributed by atoms with Crippen molar-refractivity contribution in [1.29, 1.82) is 5.41 Å². The van der Waals surface area contributed by atoms with E-state index >= 15 is 0 Å². The molecule has 0 atom stereocenters. The second kappa shape index (κ2) is 4.66. The lowest BCUT2D eigenvalue weighted by Crippen LogP contribution is -2.15. The minimum atomic E-state index is -0.283. The first-order valence-electron chi connectivity index (χ1n) is 3.91. The topological polar surface area (TPSA) is 78.7 Å². The van der Waals surface area contributed by atoms with Gasteiger partial charge in [-0.05, 0) is 19.1 Å². The standard InChI is InChI=1S/C8H9ClN4O/c1-5(10)4-8(14)11-7-3-2-6(9)12-13-7/h2-3,10H,4H2,1H3,(H,11,13,14). The van der Waals surface area contributed by atoms with Gasteiger partial charge in [0.15, 0.2) is 11.0 Å². The third-order valence-corrected chi connectivity index (χ3v) is 1.53. The molecule has 1 heterocycles. The van der Waals surface area contributed by atoms with Crippen LogP contribution >= 0.6 is 11.6 Å². The number of rotatable bonds is 3. The average Bonchev–Trinajstić information content (AvgIpc) is 2.07. The molecule has 74 valence electrons. The maximum atomic E-state index is 11.2. The Bertz CT molecular complexity index is 349. The third-order valence-electron chi connectivity index (χ3n) is 1.33. The molecule has 0 spiro atoms. The molecule has 0 aliphatic carbocycles. The van der Waals surface area contributed by atoms with Crippen LogP contribution in [0.4, 0.5) is 5.82 Å². The van der Waals surface area contributed by atoms with Crippen molar-refractivity contribution in [2.24, 2.45) is 0 Å². The molecule has 0 saturated heterocycles. The molecule has 1 aromatic rings. The molecule has 0 unspecified atom stereocenters. The summed E-state index contributed by atoms with van der Waals surface area (Å²) in [4.78, 5) is 11.2. The highest BCUT2D eigenvalue weighted by Crippen LogP contribution is 2.06. The molecule has 0 saturated carbocycles. The third kappa shape index (κ3) is 3.49. The summed E-state index contributed by atoms with van der Waals surface area (Å²) in [7, 11) is 0. The molecule has 0 bridgehead atoms. The molecule has 6 heteroatoms. The molecule has 0 aromatic carbocycles. The van der Waals surface area contributed by atoms with Crippen molar-refractivity contribution in [2.45, 2.75) is 13.3 Å². The van der Waals surface area contributed by atoms with Gasteiger partial charge in [0.1, 0.15) is 0 Å². The maximum Gasteiger partial charge on any atom is 0.231 e. The highest BCUT2D eigenvalue weighted by molar-refractivity contribution is 6.29. The lowest BCUT2D eigenvalue weighted by molar-refractivity contribution is -0.115. The van der Waals surface area contributed by atoms with Gasteiger partial charge in [-0.2, -0.15) is 0 Å². The van der Waals surface area contributed by atoms with Crippen molar-refractivity contribution < 1.29 is 4.79 Å². The van der Waals surface area contributed by atoms with E-state index in [9.17, 15) is 4.79 Å². The van der Waals surface area contributed by atoms with E-state index in [-0.39, 0.29) is 17.5 Å². The zero-order valence-electron chi connectivity index (χ0n) is 7.54. The first-order valence-corrected chi connectivity index (χ1v) is 4.29. The zero-order valence-corrected chi connectivity index (χ0v) is 8.30. The number of carbonyl (C=O) groups is 1. The predicted molar refractivity (Wildman–Crippen MR) is 53.7 cm³/mol. The van der Waals surface area contributed by atoms with Gasteiger partial charge in [0.25, 0.3) is 0 Å². The van der Waals surface area contributed by atoms with Crippen LogP contribution in [-0.4, -0.2) is 21.8 Å². The van der Waals surface area contributed by atoms with Crippen LogP contribution in [-0.2, 0) is 4.79 Å². The lowest BCUT2D eigenvalue weighted by atomic mass is 10.3. The van der Waals surface area contributed by atoms with Gasteiger partial charge in [-0.25, -0.2) is 0 Å². The molecular weight excluding hydrogens is 204 g/mol. The molecule has 1 rings (SSSR count). The van der Waals surface area contributed by atoms with E-state index in [4.69, 9.17) is 17.0 Å². The molecule has 0 radical (unpaired) electrons. The Hall–Kier alpha value is -1.49. The molecule has 0 aliphatic heterocycles. The highest BCUT2D eigenvalue weighted by Gasteiger charge is 2.04. The lowest BCUT2D eigenvalue weighted by Gasteiger charge is -2.01. The smallest absolute Gasteiger partial charge is 0.231 e. The van der Waals surface area contributed by atoms with Gasteiger partial charge in [-0.15, -0.1) is 10.2 Å². The van der Waals surface area contributed by atoms with Crippen molar-refractivity contribution in [3.8, 4) is 0 Å². The molecule has 5 nitrogen and oxygen atoms in total. The van der Waals surface area contributed by atoms with Crippen LogP contribution < -0.4 is 5.32 Å². The van der Waals surface area contributed by atoms with Gasteiger partial charge in [0.2, 0.25) is 5.91 Å². The van der Waals surface area contributed by atoms with Gasteiger partial charge in [0, 0.05) is 5.71 Å². The summed E-state index contributed by atoms with van der Waals surface area (Å²) >= 11 is 5.51. The van der Waals surface area contributed by atoms with Gasteiger partial charge >= 0.3 is 0 Å². The second-order valence-electron chi connectivity index (χ2n) is 2.75. The predicted octanol–water partition coefficient (Wildman–Crippen LogP) is 1.50. The number of halogens is 1. The summed E-state index contributed by atoms with van der Waals surface area (Å²) in [6.45, 7) is 1.56. The first kappa shape index (κ1) is 10.6. The molecule has 1 aromatic heterocycles. The SMILES string of the molecule is CC(=N)CC(=O)Nc1ccc(Cl)nn1. The Kier molecular flexibility index (Phi) is 3.53. The van der Waals surface area contributed by atoms with E-state index in [1.165, 1.54) is 6.07 Å². The minimum absolute atomic E-state index is 0.0598. The van der Waals surface area contributed by atoms with Crippen LogP contribution in [0.25, 0.3) is 0 Å². The minimum Gasteiger partial charge on any atom is -0.309 e. The number of nitrogens with one attached hydrogen (secondary N) is 2. The molecule has 14 heavy (non-hydrogen) atoms. The monoisotopic (exact) mass is 212 g/mol. The summed E-state index contributed by atoms with van der Waals surface area (Å²) in [6.07, 6.45) is 0.0598. The Morgan fingerprint density at radius 3 is 2.79 bits per heavy atom. The van der Waals surface area contributed by atoms with Crippen molar-refractivity contribution in [1.82, 2.24) is 10.2 Å². The number of aromatic nitrogens is 2. The van der Waals surface area contributed by atoms with E-state index in [0.29, 0.717) is 11.5 Å². The second-order valence-corrected chi connectivity index (χ2v) is 3.13. The summed E-state index contributed by atoms with van der Waals surface area (Å²) < 4.78 is 0. The maximum absolute atomic E-state index is 11.2. The van der Waals surface area contributed by atoms with Crippen molar-refractivity contribution in [2.75, 3.05) is 5.32 Å². The summed E-state index contributed by atoms with van der Waals surface area (Å²) in [6, 6.07) is 3.08. The highest BCUT2D eigenvalue weighted by atomic mass is 35.5. The zero-order chi connectivity index (χ0) is 10.6. The Morgan fingerprint density at radius 2 is 2.29 bits per heavy atom. The number of nitrogens with zero attached hydrogens (tertiary/aromatic N) is 2. The largest absolute Gasteiger partial charge is 0.309 e. The van der Waals surface area contributed by atoms with Crippen molar-refractivity contribution in [3.05, 3.63) is 17.3 Å². The van der Waals surface area contributed by atoms with Gasteiger partial charge < -0.3 is 10.7 Å². The van der Waals surface area contributed by atoms with E-state index < -0.39 is 0 Å². The Morgan fingerprint density at radius 1 is 1.57 bits per heavy atom. The van der Waals surface area contributed by atoms with Crippen LogP contribution in [0, 0.1) is 5.41 Å². The Labute approximate surface area is 86.0 Å². The number of carbonyl (C=O) groups excluding carboxylic acids is 1. The molecule has 1 amide bonds. The van der Waals surface area contributed by atoms with Crippen LogP contribution in [0.2, 0.25) is 5.15 Å². The van der Waals surface area contributed by atoms with E-state index in [2.05, 4.69) is 15.5 Å². The van der Waals surface area contributed by atoms with Gasteiger partial charge in [-0.1, -0.05) is 11.6 Å². The van der Waals surface area contributed by atoms with Crippen LogP contribution in [0.15, 0.2) is 12.1 Å². The Balaban J connectivity index is 2.56. The number of anilines is 1. The van der Waals surface area contributed by atoms with E-state index in [0.717, 1.165) is 0 Å². The summed E-state index contributed by atoms with van der Waals surface area (Å²) in [5.41, 5.74) is 0.296. The fourth-order valence-corrected chi connectivity index (χ4v) is 0.911. The van der Waals surface area contributed by atoms with Crippen LogP contribution in [0.1, 0.15) is 13.3 Å². The van der Waals surface area contributed by atoms with E-state index in [1.807, 2.05) is 0 Å². The number of amides is 1. The molecule has 0 aliphatic rings. The molecular formula is C8H9ClN4O. The quantitative estimate of drug-likeness (QED) is 0.746. The van der Waals surface area contributed by atoms with Gasteiger partial charge in [0.05, 0.1) is 6.42 Å². The van der Waals surface area contributed by atoms with Gasteiger partial charge in [-0.3, -0.25) is 4.79 Å². The van der Waals surface area contributed by atoms with Crippen molar-refractivity contribution in [3.63, 3.8) is 0 Å². The summed E-state index contributed by atoms with van der Waals surface area (Å²) in [5, 5.41) is 17.1. The van der Waals surface area contributed by atoms with E-state index in [1.54, 1.807) is 13.0 Å². The fourth-order valence-electron chi connectivity index (χ4n) is 0.811. The molecule has 0 fully saturated rings. The van der Waals surface area contributed by atoms with Crippen molar-refractivity contribution >= 4 is 29.0 Å². The normalized spacial score (nSPS) is 9.57. The molecule has 2 N–H and O–H groups in total. The van der Waals surface area contributed by atoms with Crippen LogP contribution in [0.3, 0.4) is 0 Å². The number of hydrogen-bond acceptors (Lipinski definition) is 4.